The Balaban J connectivity index is 1.52. The summed E-state index contributed by atoms with van der Waals surface area (Å²) in [7, 11) is 0. The Bertz CT molecular complexity index is 1270. The van der Waals surface area contributed by atoms with E-state index in [0.29, 0.717) is 0 Å². The number of hydrogen-bond donors (Lipinski definition) is 0. The van der Waals surface area contributed by atoms with Crippen molar-refractivity contribution in [3.63, 3.8) is 0 Å². The van der Waals surface area contributed by atoms with Crippen LogP contribution in [0, 0.1) is 13.8 Å². The molecule has 5 rings (SSSR count). The molecule has 6 heteroatoms. The van der Waals surface area contributed by atoms with E-state index in [1.807, 2.05) is 23.7 Å². The number of aryl methyl sites for hydroxylation is 2. The average molecular weight is 441 g/mol. The second kappa shape index (κ2) is 8.18. The fourth-order valence-electron chi connectivity index (χ4n) is 4.36. The lowest BCUT2D eigenvalue weighted by molar-refractivity contribution is 0.565. The van der Waals surface area contributed by atoms with E-state index in [9.17, 15) is 0 Å². The van der Waals surface area contributed by atoms with Crippen LogP contribution >= 0.6 is 0 Å². The van der Waals surface area contributed by atoms with Gasteiger partial charge in [-0.1, -0.05) is 56.7 Å². The summed E-state index contributed by atoms with van der Waals surface area (Å²) in [5, 5.41) is 4.79. The van der Waals surface area contributed by atoms with E-state index >= 15 is 0 Å². The number of piperazine rings is 1. The van der Waals surface area contributed by atoms with Gasteiger partial charge in [-0.05, 0) is 31.5 Å². The molecular weight excluding hydrogens is 408 g/mol. The maximum Gasteiger partial charge on any atom is 0.165 e. The van der Waals surface area contributed by atoms with E-state index < -0.39 is 0 Å². The number of anilines is 2. The van der Waals surface area contributed by atoms with Gasteiger partial charge in [-0.3, -0.25) is 0 Å². The molecule has 0 bridgehead atoms. The Kier molecular flexibility index (Phi) is 5.31. The molecule has 33 heavy (non-hydrogen) atoms. The van der Waals surface area contributed by atoms with Crippen molar-refractivity contribution in [1.82, 2.24) is 19.6 Å². The van der Waals surface area contributed by atoms with E-state index in [-0.39, 0.29) is 5.41 Å². The molecule has 1 aliphatic rings. The predicted molar refractivity (Wildman–Crippen MR) is 135 cm³/mol. The molecule has 0 saturated carbocycles. The van der Waals surface area contributed by atoms with Crippen LogP contribution in [0.4, 0.5) is 11.6 Å². The highest BCUT2D eigenvalue weighted by Gasteiger charge is 2.25. The smallest absolute Gasteiger partial charge is 0.165 e. The fourth-order valence-corrected chi connectivity index (χ4v) is 4.36. The van der Waals surface area contributed by atoms with Crippen molar-refractivity contribution in [2.24, 2.45) is 0 Å². The first-order valence-corrected chi connectivity index (χ1v) is 11.7. The summed E-state index contributed by atoms with van der Waals surface area (Å²) in [6.07, 6.45) is 1.95. The summed E-state index contributed by atoms with van der Waals surface area (Å²) < 4.78 is 2.02. The number of aromatic nitrogens is 4. The quantitative estimate of drug-likeness (QED) is 0.447. The zero-order valence-electron chi connectivity index (χ0n) is 20.2. The highest BCUT2D eigenvalue weighted by Crippen LogP contribution is 2.31. The van der Waals surface area contributed by atoms with Gasteiger partial charge in [0.05, 0.1) is 11.9 Å². The van der Waals surface area contributed by atoms with Crippen molar-refractivity contribution in [3.05, 3.63) is 71.7 Å². The Morgan fingerprint density at radius 1 is 0.818 bits per heavy atom. The Hall–Kier alpha value is -3.41. The average Bonchev–Trinajstić information content (AvgIpc) is 3.23. The van der Waals surface area contributed by atoms with Crippen molar-refractivity contribution in [2.75, 3.05) is 36.0 Å². The Labute approximate surface area is 195 Å². The van der Waals surface area contributed by atoms with E-state index in [0.717, 1.165) is 66.0 Å². The van der Waals surface area contributed by atoms with E-state index in [2.05, 4.69) is 80.0 Å². The highest BCUT2D eigenvalue weighted by atomic mass is 15.4. The molecule has 0 atom stereocenters. The van der Waals surface area contributed by atoms with Crippen LogP contribution in [0.15, 0.2) is 54.7 Å². The highest BCUT2D eigenvalue weighted by molar-refractivity contribution is 5.78. The summed E-state index contributed by atoms with van der Waals surface area (Å²) in [6, 6.07) is 17.1. The first kappa shape index (κ1) is 21.4. The largest absolute Gasteiger partial charge is 0.353 e. The molecule has 0 N–H and O–H groups in total. The van der Waals surface area contributed by atoms with Gasteiger partial charge in [-0.2, -0.15) is 9.61 Å². The van der Waals surface area contributed by atoms with E-state index in [1.54, 1.807) is 0 Å². The minimum Gasteiger partial charge on any atom is -0.353 e. The lowest BCUT2D eigenvalue weighted by Crippen LogP contribution is -2.47. The Morgan fingerprint density at radius 3 is 2.18 bits per heavy atom. The monoisotopic (exact) mass is 440 g/mol. The van der Waals surface area contributed by atoms with E-state index in [4.69, 9.17) is 15.1 Å². The number of rotatable bonds is 3. The third kappa shape index (κ3) is 4.17. The van der Waals surface area contributed by atoms with Crippen LogP contribution in [-0.2, 0) is 5.41 Å². The molecule has 6 nitrogen and oxygen atoms in total. The van der Waals surface area contributed by atoms with Crippen molar-refractivity contribution < 1.29 is 0 Å². The van der Waals surface area contributed by atoms with Crippen molar-refractivity contribution in [3.8, 4) is 11.1 Å². The van der Waals surface area contributed by atoms with Gasteiger partial charge in [0.1, 0.15) is 11.6 Å². The zero-order chi connectivity index (χ0) is 23.2. The van der Waals surface area contributed by atoms with Gasteiger partial charge in [0.2, 0.25) is 0 Å². The summed E-state index contributed by atoms with van der Waals surface area (Å²) in [4.78, 5) is 14.6. The van der Waals surface area contributed by atoms with Gasteiger partial charge in [0.25, 0.3) is 0 Å². The number of hydrogen-bond acceptors (Lipinski definition) is 5. The maximum absolute atomic E-state index is 5.09. The van der Waals surface area contributed by atoms with Gasteiger partial charge in [0, 0.05) is 48.9 Å². The third-order valence-electron chi connectivity index (χ3n) is 6.39. The predicted octanol–water partition coefficient (Wildman–Crippen LogP) is 5.03. The first-order valence-electron chi connectivity index (χ1n) is 11.7. The molecule has 1 saturated heterocycles. The number of fused-ring (bicyclic) bond motifs is 1. The topological polar surface area (TPSA) is 49.6 Å². The molecule has 0 aliphatic carbocycles. The van der Waals surface area contributed by atoms with Crippen molar-refractivity contribution in [1.29, 1.82) is 0 Å². The zero-order valence-corrected chi connectivity index (χ0v) is 20.2. The standard InChI is InChI=1S/C27H32N6/c1-19-9-11-21(12-10-19)22-18-28-33-25(17-23(27(3,4)5)30-26(22)33)32-15-13-31(14-16-32)24-8-6-7-20(2)29-24/h6-12,17-18H,13-16H2,1-5H3. The fraction of sp³-hybridized carbons (Fsp3) is 0.370. The molecule has 0 spiro atoms. The van der Waals surface area contributed by atoms with Crippen LogP contribution in [0.25, 0.3) is 16.8 Å². The van der Waals surface area contributed by atoms with Crippen LogP contribution in [-0.4, -0.2) is 45.8 Å². The first-order chi connectivity index (χ1) is 15.8. The van der Waals surface area contributed by atoms with Crippen molar-refractivity contribution >= 4 is 17.3 Å². The van der Waals surface area contributed by atoms with E-state index in [1.165, 1.54) is 5.56 Å². The normalized spacial score (nSPS) is 14.8. The van der Waals surface area contributed by atoms with Gasteiger partial charge < -0.3 is 9.80 Å². The van der Waals surface area contributed by atoms with Crippen LogP contribution < -0.4 is 9.80 Å². The van der Waals surface area contributed by atoms with Crippen LogP contribution in [0.2, 0.25) is 0 Å². The minimum absolute atomic E-state index is 0.0569. The van der Waals surface area contributed by atoms with Gasteiger partial charge in [-0.15, -0.1) is 0 Å². The molecular formula is C27H32N6. The van der Waals surface area contributed by atoms with Crippen LogP contribution in [0.3, 0.4) is 0 Å². The summed E-state index contributed by atoms with van der Waals surface area (Å²) in [5.41, 5.74) is 6.48. The molecule has 4 heterocycles. The summed E-state index contributed by atoms with van der Waals surface area (Å²) in [5.74, 6) is 2.17. The molecule has 4 aromatic rings. The van der Waals surface area contributed by atoms with Crippen molar-refractivity contribution in [2.45, 2.75) is 40.0 Å². The second-order valence-corrected chi connectivity index (χ2v) is 10.0. The Morgan fingerprint density at radius 2 is 1.52 bits per heavy atom. The molecule has 0 unspecified atom stereocenters. The van der Waals surface area contributed by atoms with Crippen LogP contribution in [0.5, 0.6) is 0 Å². The summed E-state index contributed by atoms with van der Waals surface area (Å²) in [6.45, 7) is 14.5. The minimum atomic E-state index is -0.0569. The van der Waals surface area contributed by atoms with Gasteiger partial charge >= 0.3 is 0 Å². The molecule has 0 amide bonds. The third-order valence-corrected chi connectivity index (χ3v) is 6.39. The molecule has 3 aromatic heterocycles. The maximum atomic E-state index is 5.09. The molecule has 1 aliphatic heterocycles. The van der Waals surface area contributed by atoms with Gasteiger partial charge in [-0.25, -0.2) is 9.97 Å². The summed E-state index contributed by atoms with van der Waals surface area (Å²) >= 11 is 0. The molecule has 170 valence electrons. The number of benzene rings is 1. The van der Waals surface area contributed by atoms with Crippen LogP contribution in [0.1, 0.15) is 37.7 Å². The second-order valence-electron chi connectivity index (χ2n) is 10.0. The SMILES string of the molecule is Cc1ccc(-c2cnn3c(N4CCN(c5cccc(C)n5)CC4)cc(C(C)(C)C)nc23)cc1. The van der Waals surface area contributed by atoms with Gasteiger partial charge in [0.15, 0.2) is 5.65 Å². The number of nitrogens with zero attached hydrogens (tertiary/aromatic N) is 6. The number of pyridine rings is 1. The molecule has 0 radical (unpaired) electrons. The lowest BCUT2D eigenvalue weighted by Gasteiger charge is -2.37. The molecule has 1 fully saturated rings. The lowest BCUT2D eigenvalue weighted by atomic mass is 9.91. The molecule has 1 aromatic carbocycles.